The number of carbonyl (C=O) groups excluding carboxylic acids is 1. The van der Waals surface area contributed by atoms with Crippen molar-refractivity contribution in [3.8, 4) is 11.3 Å². The van der Waals surface area contributed by atoms with Gasteiger partial charge in [0.2, 0.25) is 5.71 Å². The first kappa shape index (κ1) is 42.8. The summed E-state index contributed by atoms with van der Waals surface area (Å²) in [5, 5.41) is 15.5. The van der Waals surface area contributed by atoms with Crippen molar-refractivity contribution in [1.29, 1.82) is 0 Å². The smallest absolute Gasteiger partial charge is 0.216 e. The van der Waals surface area contributed by atoms with Crippen molar-refractivity contribution >= 4 is 49.5 Å². The molecule has 0 aliphatic carbocycles. The van der Waals surface area contributed by atoms with Gasteiger partial charge in [0.1, 0.15) is 11.6 Å². The summed E-state index contributed by atoms with van der Waals surface area (Å²) >= 11 is 0. The van der Waals surface area contributed by atoms with Crippen molar-refractivity contribution in [2.45, 2.75) is 127 Å². The molecular weight excluding hydrogens is 847 g/mol. The monoisotopic (exact) mass is 905 g/mol. The van der Waals surface area contributed by atoms with E-state index < -0.39 is 0 Å². The SMILES string of the molecule is CCC(C)(CC)C(=O)/C=C(\O)C(C)(CC)CC.Cc1nc(-c2[c-]ccc3c2oc2nc(C(C)C)ccc23)c2ccc3cc(C(C)(C)C)cc(C)c3c2n1.[Ir]. The average molecular weight is 905 g/mol. The van der Waals surface area contributed by atoms with Crippen molar-refractivity contribution in [2.24, 2.45) is 10.8 Å². The molecule has 0 fully saturated rings. The Morgan fingerprint density at radius 1 is 0.833 bits per heavy atom. The number of aliphatic hydroxyl groups excluding tert-OH is 1. The molecule has 0 atom stereocenters. The number of pyridine rings is 1. The quantitative estimate of drug-likeness (QED) is 0.0673. The van der Waals surface area contributed by atoms with E-state index in [9.17, 15) is 9.90 Å². The number of aliphatic hydroxyl groups is 1. The van der Waals surface area contributed by atoms with Gasteiger partial charge in [-0.15, -0.1) is 18.2 Å². The minimum atomic E-state index is -0.337. The van der Waals surface area contributed by atoms with Crippen LogP contribution in [0.25, 0.3) is 55.0 Å². The van der Waals surface area contributed by atoms with Gasteiger partial charge in [-0.2, -0.15) is 0 Å². The predicted octanol–water partition coefficient (Wildman–Crippen LogP) is 13.2. The molecule has 0 spiro atoms. The van der Waals surface area contributed by atoms with E-state index in [0.29, 0.717) is 11.6 Å². The van der Waals surface area contributed by atoms with Gasteiger partial charge in [-0.3, -0.25) is 9.78 Å². The Labute approximate surface area is 335 Å². The summed E-state index contributed by atoms with van der Waals surface area (Å²) in [7, 11) is 0. The Hall–Kier alpha value is -3.93. The molecule has 6 rings (SSSR count). The molecule has 1 radical (unpaired) electrons. The van der Waals surface area contributed by atoms with Gasteiger partial charge in [0, 0.05) is 59.2 Å². The number of carbonyl (C=O) groups is 1. The third-order valence-electron chi connectivity index (χ3n) is 11.7. The number of furan rings is 1. The molecule has 6 aromatic rings. The van der Waals surface area contributed by atoms with Crippen molar-refractivity contribution < 1.29 is 34.4 Å². The van der Waals surface area contributed by atoms with Gasteiger partial charge in [0.15, 0.2) is 5.78 Å². The van der Waals surface area contributed by atoms with Crippen molar-refractivity contribution in [1.82, 2.24) is 15.0 Å². The summed E-state index contributed by atoms with van der Waals surface area (Å²) in [6.45, 7) is 27.3. The van der Waals surface area contributed by atoms with Crippen molar-refractivity contribution in [3.63, 3.8) is 0 Å². The van der Waals surface area contributed by atoms with Gasteiger partial charge in [-0.05, 0) is 84.9 Å². The number of ketones is 1. The fraction of sp³-hybridized carbons (Fsp3) is 0.447. The van der Waals surface area contributed by atoms with Gasteiger partial charge >= 0.3 is 0 Å². The number of fused-ring (bicyclic) bond motifs is 6. The molecule has 0 aliphatic rings. The van der Waals surface area contributed by atoms with E-state index in [1.165, 1.54) is 28.0 Å². The number of rotatable bonds is 9. The van der Waals surface area contributed by atoms with Crippen LogP contribution < -0.4 is 0 Å². The molecular formula is C47H58IrN3O3-. The zero-order valence-corrected chi connectivity index (χ0v) is 36.9. The summed E-state index contributed by atoms with van der Waals surface area (Å²) < 4.78 is 6.38. The van der Waals surface area contributed by atoms with Gasteiger partial charge < -0.3 is 9.52 Å². The second kappa shape index (κ2) is 16.4. The molecule has 0 bridgehead atoms. The third-order valence-corrected chi connectivity index (χ3v) is 11.7. The number of aryl methyl sites for hydroxylation is 2. The number of hydrogen-bond donors (Lipinski definition) is 1. The van der Waals surface area contributed by atoms with Crippen LogP contribution in [0.4, 0.5) is 0 Å². The van der Waals surface area contributed by atoms with Crippen molar-refractivity contribution in [3.05, 3.63) is 89.1 Å². The molecule has 3 aromatic heterocycles. The summed E-state index contributed by atoms with van der Waals surface area (Å²) in [5.74, 6) is 1.34. The molecule has 0 saturated carbocycles. The minimum Gasteiger partial charge on any atom is -0.512 e. The Balaban J connectivity index is 0.000000309. The molecule has 54 heavy (non-hydrogen) atoms. The Kier molecular flexibility index (Phi) is 13.0. The summed E-state index contributed by atoms with van der Waals surface area (Å²) in [4.78, 5) is 26.8. The number of hydrogen-bond acceptors (Lipinski definition) is 6. The molecule has 0 amide bonds. The van der Waals surface area contributed by atoms with Crippen LogP contribution in [0.5, 0.6) is 0 Å². The maximum atomic E-state index is 12.2. The van der Waals surface area contributed by atoms with Crippen LogP contribution in [-0.2, 0) is 30.3 Å². The van der Waals surface area contributed by atoms with E-state index in [2.05, 4.69) is 84.0 Å². The van der Waals surface area contributed by atoms with E-state index >= 15 is 0 Å². The minimum absolute atomic E-state index is 0. The van der Waals surface area contributed by atoms with Gasteiger partial charge in [0.25, 0.3) is 0 Å². The Morgan fingerprint density at radius 2 is 1.46 bits per heavy atom. The maximum absolute atomic E-state index is 12.2. The van der Waals surface area contributed by atoms with Crippen LogP contribution in [0, 0.1) is 30.7 Å². The van der Waals surface area contributed by atoms with Gasteiger partial charge in [-0.25, -0.2) is 9.97 Å². The molecule has 7 heteroatoms. The van der Waals surface area contributed by atoms with E-state index in [1.807, 2.05) is 60.6 Å². The number of aromatic nitrogens is 3. The number of benzene rings is 3. The van der Waals surface area contributed by atoms with E-state index in [1.54, 1.807) is 0 Å². The molecule has 0 aliphatic heterocycles. The van der Waals surface area contributed by atoms with Crippen LogP contribution in [0.15, 0.2) is 64.8 Å². The van der Waals surface area contributed by atoms with Crippen LogP contribution in [0.1, 0.15) is 130 Å². The largest absolute Gasteiger partial charge is 0.512 e. The second-order valence-corrected chi connectivity index (χ2v) is 16.6. The second-order valence-electron chi connectivity index (χ2n) is 16.6. The molecule has 1 N–H and O–H groups in total. The third kappa shape index (κ3) is 8.18. The fourth-order valence-corrected chi connectivity index (χ4v) is 6.81. The van der Waals surface area contributed by atoms with Crippen molar-refractivity contribution in [2.75, 3.05) is 0 Å². The maximum Gasteiger partial charge on any atom is 0.216 e. The van der Waals surface area contributed by atoms with Crippen LogP contribution in [-0.4, -0.2) is 25.8 Å². The predicted molar refractivity (Wildman–Crippen MR) is 222 cm³/mol. The number of allylic oxidation sites excluding steroid dienone is 2. The summed E-state index contributed by atoms with van der Waals surface area (Å²) in [6.07, 6.45) is 4.75. The molecule has 6 nitrogen and oxygen atoms in total. The number of nitrogens with zero attached hydrogens (tertiary/aromatic N) is 3. The Bertz CT molecular complexity index is 2340. The normalized spacial score (nSPS) is 12.7. The molecule has 0 unspecified atom stereocenters. The van der Waals surface area contributed by atoms with E-state index in [-0.39, 0.29) is 47.9 Å². The van der Waals surface area contributed by atoms with Gasteiger partial charge in [-0.1, -0.05) is 111 Å². The molecule has 0 saturated heterocycles. The van der Waals surface area contributed by atoms with E-state index in [4.69, 9.17) is 19.4 Å². The van der Waals surface area contributed by atoms with Crippen LogP contribution >= 0.6 is 0 Å². The summed E-state index contributed by atoms with van der Waals surface area (Å²) in [5.41, 5.74) is 7.12. The zero-order valence-electron chi connectivity index (χ0n) is 34.5. The van der Waals surface area contributed by atoms with Crippen LogP contribution in [0.3, 0.4) is 0 Å². The molecule has 289 valence electrons. The van der Waals surface area contributed by atoms with E-state index in [0.717, 1.165) is 75.7 Å². The standard InChI is InChI=1S/C32H30N3O.C15H28O2.Ir/c1-17(2)26-14-13-23-22-9-8-10-25(30(22)36-31(23)35-26)28-24-12-11-20-16-21(32(5,6)7)15-18(3)27(20)29(24)34-19(4)33-28;1-7-14(5,8-2)12(16)11-13(17)15(6,9-3)10-4;/h8-9,11-17H,1-7H3;11,16H,7-10H2,1-6H3;/q-1;;/b;12-11-;. The average Bonchev–Trinajstić information content (AvgIpc) is 3.51. The molecule has 3 aromatic carbocycles. The van der Waals surface area contributed by atoms with Gasteiger partial charge in [0.05, 0.1) is 11.1 Å². The zero-order chi connectivity index (χ0) is 39.0. The summed E-state index contributed by atoms with van der Waals surface area (Å²) in [6, 6.07) is 20.5. The van der Waals surface area contributed by atoms with Crippen LogP contribution in [0.2, 0.25) is 0 Å². The first-order valence-electron chi connectivity index (χ1n) is 19.3. The fourth-order valence-electron chi connectivity index (χ4n) is 6.81. The Morgan fingerprint density at radius 3 is 2.06 bits per heavy atom. The first-order chi connectivity index (χ1) is 24.9. The first-order valence-corrected chi connectivity index (χ1v) is 19.3. The molecule has 3 heterocycles. The topological polar surface area (TPSA) is 89.1 Å².